The number of hydrogen-bond acceptors (Lipinski definition) is 3. The summed E-state index contributed by atoms with van der Waals surface area (Å²) in [6.45, 7) is 2.65. The van der Waals surface area contributed by atoms with Gasteiger partial charge in [0.15, 0.2) is 0 Å². The largest absolute Gasteiger partial charge is 0.353 e. The predicted molar refractivity (Wildman–Crippen MR) is 103 cm³/mol. The lowest BCUT2D eigenvalue weighted by Gasteiger charge is -2.27. The van der Waals surface area contributed by atoms with Crippen LogP contribution in [0.5, 0.6) is 0 Å². The average Bonchev–Trinajstić information content (AvgIpc) is 3.11. The van der Waals surface area contributed by atoms with E-state index < -0.39 is 0 Å². The molecule has 1 aromatic heterocycles. The van der Waals surface area contributed by atoms with Crippen LogP contribution < -0.4 is 5.32 Å². The maximum Gasteiger partial charge on any atom is 0.221 e. The fourth-order valence-corrected chi connectivity index (χ4v) is 4.08. The number of amides is 1. The minimum Gasteiger partial charge on any atom is -0.353 e. The second-order valence-electron chi connectivity index (χ2n) is 7.56. The van der Waals surface area contributed by atoms with Gasteiger partial charge in [-0.25, -0.2) is 4.98 Å². The summed E-state index contributed by atoms with van der Waals surface area (Å²) in [5.41, 5.74) is 3.50. The molecule has 1 aromatic carbocycles. The Hall–Kier alpha value is -2.14. The van der Waals surface area contributed by atoms with Crippen LogP contribution in [0.25, 0.3) is 11.4 Å². The lowest BCUT2D eigenvalue weighted by molar-refractivity contribution is -0.122. The van der Waals surface area contributed by atoms with E-state index in [1.807, 2.05) is 18.2 Å². The Bertz CT molecular complexity index is 734. The molecule has 2 aromatic rings. The monoisotopic (exact) mass is 352 g/mol. The summed E-state index contributed by atoms with van der Waals surface area (Å²) < 4.78 is 0. The van der Waals surface area contributed by atoms with Crippen LogP contribution in [0.15, 0.2) is 30.3 Å². The van der Waals surface area contributed by atoms with Gasteiger partial charge in [0.25, 0.3) is 0 Å². The number of imidazole rings is 1. The van der Waals surface area contributed by atoms with Crippen LogP contribution >= 0.6 is 0 Å². The molecule has 2 N–H and O–H groups in total. The van der Waals surface area contributed by atoms with Crippen molar-refractivity contribution in [3.05, 3.63) is 41.7 Å². The van der Waals surface area contributed by atoms with E-state index in [1.165, 1.54) is 30.7 Å². The molecule has 5 nitrogen and oxygen atoms in total. The molecular formula is C21H28N4O. The number of rotatable bonds is 5. The van der Waals surface area contributed by atoms with Crippen LogP contribution in [0.2, 0.25) is 0 Å². The highest BCUT2D eigenvalue weighted by Crippen LogP contribution is 2.23. The van der Waals surface area contributed by atoms with Gasteiger partial charge in [0.05, 0.1) is 11.4 Å². The van der Waals surface area contributed by atoms with E-state index >= 15 is 0 Å². The van der Waals surface area contributed by atoms with Crippen molar-refractivity contribution in [1.29, 1.82) is 0 Å². The number of nitrogens with zero attached hydrogens (tertiary/aromatic N) is 2. The van der Waals surface area contributed by atoms with Crippen LogP contribution in [-0.4, -0.2) is 39.9 Å². The van der Waals surface area contributed by atoms with Crippen LogP contribution in [-0.2, 0) is 17.8 Å². The van der Waals surface area contributed by atoms with Crippen LogP contribution in [0.4, 0.5) is 0 Å². The number of hydrogen-bond donors (Lipinski definition) is 2. The van der Waals surface area contributed by atoms with Gasteiger partial charge in [0.2, 0.25) is 5.91 Å². The molecule has 0 saturated heterocycles. The molecule has 0 atom stereocenters. The van der Waals surface area contributed by atoms with E-state index in [0.29, 0.717) is 12.5 Å². The molecule has 2 aliphatic rings. The van der Waals surface area contributed by atoms with Crippen molar-refractivity contribution in [2.24, 2.45) is 0 Å². The fourth-order valence-electron chi connectivity index (χ4n) is 4.08. The molecule has 2 heterocycles. The molecule has 5 heteroatoms. The zero-order chi connectivity index (χ0) is 17.8. The quantitative estimate of drug-likeness (QED) is 0.868. The number of aromatic amines is 1. The van der Waals surface area contributed by atoms with E-state index in [-0.39, 0.29) is 5.91 Å². The minimum atomic E-state index is 0.206. The number of carbonyl (C=O) groups excluding carboxylic acids is 1. The summed E-state index contributed by atoms with van der Waals surface area (Å²) >= 11 is 0. The number of fused-ring (bicyclic) bond motifs is 1. The Morgan fingerprint density at radius 2 is 2.00 bits per heavy atom. The number of H-pyrrole nitrogens is 1. The molecule has 0 radical (unpaired) electrons. The van der Waals surface area contributed by atoms with Crippen LogP contribution in [0, 0.1) is 0 Å². The second kappa shape index (κ2) is 8.04. The highest BCUT2D eigenvalue weighted by molar-refractivity contribution is 5.76. The predicted octanol–water partition coefficient (Wildman–Crippen LogP) is 3.27. The molecule has 4 rings (SSSR count). The maximum absolute atomic E-state index is 12.2. The molecule has 1 saturated carbocycles. The van der Waals surface area contributed by atoms with Crippen molar-refractivity contribution in [1.82, 2.24) is 20.2 Å². The zero-order valence-corrected chi connectivity index (χ0v) is 15.3. The van der Waals surface area contributed by atoms with Crippen molar-refractivity contribution in [3.63, 3.8) is 0 Å². The minimum absolute atomic E-state index is 0.206. The number of aromatic nitrogens is 2. The third-order valence-corrected chi connectivity index (χ3v) is 5.58. The third kappa shape index (κ3) is 4.15. The van der Waals surface area contributed by atoms with Gasteiger partial charge in [0, 0.05) is 44.1 Å². The van der Waals surface area contributed by atoms with Gasteiger partial charge >= 0.3 is 0 Å². The topological polar surface area (TPSA) is 61.0 Å². The second-order valence-corrected chi connectivity index (χ2v) is 7.56. The Labute approximate surface area is 155 Å². The third-order valence-electron chi connectivity index (χ3n) is 5.58. The summed E-state index contributed by atoms with van der Waals surface area (Å²) in [5.74, 6) is 1.16. The van der Waals surface area contributed by atoms with Crippen molar-refractivity contribution in [2.45, 2.75) is 57.5 Å². The van der Waals surface area contributed by atoms with E-state index in [2.05, 4.69) is 27.3 Å². The molecule has 26 heavy (non-hydrogen) atoms. The Kier molecular flexibility index (Phi) is 5.34. The summed E-state index contributed by atoms with van der Waals surface area (Å²) in [7, 11) is 0. The lowest BCUT2D eigenvalue weighted by atomic mass is 9.95. The van der Waals surface area contributed by atoms with Crippen LogP contribution in [0.1, 0.15) is 49.9 Å². The zero-order valence-electron chi connectivity index (χ0n) is 15.3. The first kappa shape index (κ1) is 17.3. The van der Waals surface area contributed by atoms with Gasteiger partial charge in [-0.2, -0.15) is 0 Å². The van der Waals surface area contributed by atoms with Crippen molar-refractivity contribution < 1.29 is 4.79 Å². The standard InChI is InChI=1S/C21H28N4O/c26-20(22-17-9-5-2-6-10-17)12-14-25-13-11-18-19(15-25)24-21(23-18)16-7-3-1-4-8-16/h1,3-4,7-8,17H,2,5-6,9-15H2,(H,22,26)(H,23,24). The first-order valence-electron chi connectivity index (χ1n) is 9.93. The maximum atomic E-state index is 12.2. The molecule has 1 amide bonds. The summed E-state index contributed by atoms with van der Waals surface area (Å²) in [4.78, 5) is 22.8. The van der Waals surface area contributed by atoms with E-state index in [4.69, 9.17) is 4.98 Å². The smallest absolute Gasteiger partial charge is 0.221 e. The molecule has 138 valence electrons. The van der Waals surface area contributed by atoms with E-state index in [1.54, 1.807) is 0 Å². The highest BCUT2D eigenvalue weighted by atomic mass is 16.1. The van der Waals surface area contributed by atoms with Gasteiger partial charge in [-0.15, -0.1) is 0 Å². The molecule has 0 unspecified atom stereocenters. The molecule has 0 bridgehead atoms. The van der Waals surface area contributed by atoms with Crippen molar-refractivity contribution in [3.8, 4) is 11.4 Å². The first-order valence-corrected chi connectivity index (χ1v) is 9.93. The SMILES string of the molecule is O=C(CCN1CCc2nc(-c3ccccc3)[nH]c2C1)NC1CCCCC1. The van der Waals surface area contributed by atoms with Gasteiger partial charge < -0.3 is 10.3 Å². The van der Waals surface area contributed by atoms with E-state index in [0.717, 1.165) is 50.3 Å². The van der Waals surface area contributed by atoms with E-state index in [9.17, 15) is 4.79 Å². The van der Waals surface area contributed by atoms with Gasteiger partial charge in [-0.3, -0.25) is 9.69 Å². The van der Waals surface area contributed by atoms with Crippen molar-refractivity contribution >= 4 is 5.91 Å². The average molecular weight is 352 g/mol. The molecule has 1 aliphatic heterocycles. The summed E-state index contributed by atoms with van der Waals surface area (Å²) in [6.07, 6.45) is 7.66. The molecule has 1 aliphatic carbocycles. The number of nitrogens with one attached hydrogen (secondary N) is 2. The molecule has 0 spiro atoms. The van der Waals surface area contributed by atoms with Gasteiger partial charge in [0.1, 0.15) is 5.82 Å². The summed E-state index contributed by atoms with van der Waals surface area (Å²) in [5, 5.41) is 3.22. The molecular weight excluding hydrogens is 324 g/mol. The Morgan fingerprint density at radius 1 is 1.19 bits per heavy atom. The van der Waals surface area contributed by atoms with Crippen molar-refractivity contribution in [2.75, 3.05) is 13.1 Å². The fraction of sp³-hybridized carbons (Fsp3) is 0.524. The number of carbonyl (C=O) groups is 1. The Balaban J connectivity index is 1.29. The van der Waals surface area contributed by atoms with Gasteiger partial charge in [-0.05, 0) is 12.8 Å². The lowest BCUT2D eigenvalue weighted by Crippen LogP contribution is -2.39. The first-order chi connectivity index (χ1) is 12.8. The number of benzene rings is 1. The van der Waals surface area contributed by atoms with Gasteiger partial charge in [-0.1, -0.05) is 49.6 Å². The normalized spacial score (nSPS) is 18.5. The van der Waals surface area contributed by atoms with Crippen LogP contribution in [0.3, 0.4) is 0 Å². The Morgan fingerprint density at radius 3 is 2.81 bits per heavy atom. The summed E-state index contributed by atoms with van der Waals surface area (Å²) in [6, 6.07) is 10.7. The molecule has 1 fully saturated rings. The highest BCUT2D eigenvalue weighted by Gasteiger charge is 2.22.